The largest absolute Gasteiger partial charge is 0.298 e. The van der Waals surface area contributed by atoms with Crippen LogP contribution in [0.15, 0.2) is 65.6 Å². The van der Waals surface area contributed by atoms with Crippen molar-refractivity contribution in [2.45, 2.75) is 38.1 Å². The van der Waals surface area contributed by atoms with Gasteiger partial charge in [-0.1, -0.05) is 25.3 Å². The smallest absolute Gasteiger partial charge is 0.267 e. The lowest BCUT2D eigenvalue weighted by Crippen LogP contribution is -2.28. The zero-order chi connectivity index (χ0) is 19.8. The first-order valence-electron chi connectivity index (χ1n) is 10.0. The van der Waals surface area contributed by atoms with Crippen molar-refractivity contribution in [3.63, 3.8) is 0 Å². The molecule has 0 spiro atoms. The van der Waals surface area contributed by atoms with Gasteiger partial charge in [0.25, 0.3) is 5.56 Å². The predicted octanol–water partition coefficient (Wildman–Crippen LogP) is 4.87. The highest BCUT2D eigenvalue weighted by atomic mass is 19.1. The fourth-order valence-corrected chi connectivity index (χ4v) is 4.19. The van der Waals surface area contributed by atoms with Crippen LogP contribution in [-0.2, 0) is 0 Å². The van der Waals surface area contributed by atoms with Crippen molar-refractivity contribution in [1.29, 1.82) is 0 Å². The lowest BCUT2D eigenvalue weighted by Gasteiger charge is -2.23. The Bertz CT molecular complexity index is 1220. The monoisotopic (exact) mass is 388 g/mol. The summed E-state index contributed by atoms with van der Waals surface area (Å²) in [6.07, 6.45) is 7.36. The molecule has 4 aromatic rings. The van der Waals surface area contributed by atoms with Crippen LogP contribution in [0, 0.1) is 5.82 Å². The summed E-state index contributed by atoms with van der Waals surface area (Å²) in [5, 5.41) is 4.76. The molecule has 146 valence electrons. The van der Waals surface area contributed by atoms with Gasteiger partial charge in [0.05, 0.1) is 11.7 Å². The average Bonchev–Trinajstić information content (AvgIpc) is 3.15. The minimum Gasteiger partial charge on any atom is -0.298 e. The van der Waals surface area contributed by atoms with Gasteiger partial charge in [-0.15, -0.1) is 0 Å². The Labute approximate surface area is 167 Å². The van der Waals surface area contributed by atoms with E-state index in [-0.39, 0.29) is 17.4 Å². The van der Waals surface area contributed by atoms with Gasteiger partial charge in [0.15, 0.2) is 0 Å². The van der Waals surface area contributed by atoms with Gasteiger partial charge in [-0.25, -0.2) is 14.1 Å². The second-order valence-corrected chi connectivity index (χ2v) is 7.54. The first-order valence-corrected chi connectivity index (χ1v) is 10.0. The third-order valence-electron chi connectivity index (χ3n) is 5.64. The molecule has 1 aliphatic rings. The standard InChI is InChI=1S/C23H21FN4O/c24-17-11-9-16(10-12-17)22-23(27-15-5-4-8-20(27)25-22)19-13-14-21(29)28(26-19)18-6-2-1-3-7-18/h4-5,8-15,18H,1-3,6-7H2. The quantitative estimate of drug-likeness (QED) is 0.503. The molecule has 0 bridgehead atoms. The molecule has 3 heterocycles. The maximum absolute atomic E-state index is 13.5. The normalized spacial score (nSPS) is 15.1. The number of benzene rings is 1. The summed E-state index contributed by atoms with van der Waals surface area (Å²) < 4.78 is 17.1. The lowest BCUT2D eigenvalue weighted by molar-refractivity contribution is 0.319. The van der Waals surface area contributed by atoms with Gasteiger partial charge in [0.2, 0.25) is 0 Å². The molecule has 1 aromatic carbocycles. The summed E-state index contributed by atoms with van der Waals surface area (Å²) >= 11 is 0. The van der Waals surface area contributed by atoms with Crippen LogP contribution in [0.5, 0.6) is 0 Å². The van der Waals surface area contributed by atoms with Gasteiger partial charge >= 0.3 is 0 Å². The van der Waals surface area contributed by atoms with Gasteiger partial charge in [-0.3, -0.25) is 9.20 Å². The highest BCUT2D eigenvalue weighted by Crippen LogP contribution is 2.32. The fourth-order valence-electron chi connectivity index (χ4n) is 4.19. The van der Waals surface area contributed by atoms with Crippen LogP contribution in [0.1, 0.15) is 38.1 Å². The number of nitrogens with zero attached hydrogens (tertiary/aromatic N) is 4. The number of aromatic nitrogens is 4. The van der Waals surface area contributed by atoms with Crippen LogP contribution in [0.25, 0.3) is 28.3 Å². The molecular weight excluding hydrogens is 367 g/mol. The summed E-state index contributed by atoms with van der Waals surface area (Å²) in [4.78, 5) is 17.3. The number of rotatable bonds is 3. The van der Waals surface area contributed by atoms with Crippen LogP contribution in [0.4, 0.5) is 4.39 Å². The summed E-state index contributed by atoms with van der Waals surface area (Å²) in [5.74, 6) is -0.289. The molecular formula is C23H21FN4O. The molecule has 6 heteroatoms. The highest BCUT2D eigenvalue weighted by molar-refractivity contribution is 5.80. The molecule has 5 nitrogen and oxygen atoms in total. The van der Waals surface area contributed by atoms with Gasteiger partial charge in [-0.2, -0.15) is 5.10 Å². The van der Waals surface area contributed by atoms with Crippen molar-refractivity contribution in [1.82, 2.24) is 19.2 Å². The summed E-state index contributed by atoms with van der Waals surface area (Å²) in [6.45, 7) is 0. The maximum atomic E-state index is 13.5. The minimum absolute atomic E-state index is 0.0715. The Hall–Kier alpha value is -3.28. The second-order valence-electron chi connectivity index (χ2n) is 7.54. The van der Waals surface area contributed by atoms with Crippen molar-refractivity contribution in [3.05, 3.63) is 77.0 Å². The van der Waals surface area contributed by atoms with Crippen LogP contribution in [0.3, 0.4) is 0 Å². The van der Waals surface area contributed by atoms with Crippen molar-refractivity contribution in [2.75, 3.05) is 0 Å². The highest BCUT2D eigenvalue weighted by Gasteiger charge is 2.21. The Morgan fingerprint density at radius 1 is 0.931 bits per heavy atom. The number of halogens is 1. The van der Waals surface area contributed by atoms with Crippen molar-refractivity contribution < 1.29 is 4.39 Å². The molecule has 1 saturated carbocycles. The van der Waals surface area contributed by atoms with Crippen LogP contribution in [-0.4, -0.2) is 19.2 Å². The Kier molecular flexibility index (Phi) is 4.46. The summed E-state index contributed by atoms with van der Waals surface area (Å²) in [6, 6.07) is 15.6. The third kappa shape index (κ3) is 3.24. The van der Waals surface area contributed by atoms with E-state index in [1.54, 1.807) is 28.9 Å². The molecule has 3 aromatic heterocycles. The van der Waals surface area contributed by atoms with E-state index in [0.29, 0.717) is 5.69 Å². The molecule has 0 N–H and O–H groups in total. The zero-order valence-corrected chi connectivity index (χ0v) is 16.0. The van der Waals surface area contributed by atoms with Crippen LogP contribution >= 0.6 is 0 Å². The predicted molar refractivity (Wildman–Crippen MR) is 110 cm³/mol. The second kappa shape index (κ2) is 7.28. The molecule has 1 aliphatic carbocycles. The molecule has 1 fully saturated rings. The van der Waals surface area contributed by atoms with Crippen molar-refractivity contribution in [2.24, 2.45) is 0 Å². The van der Waals surface area contributed by atoms with E-state index in [2.05, 4.69) is 0 Å². The number of pyridine rings is 1. The molecule has 0 atom stereocenters. The summed E-state index contributed by atoms with van der Waals surface area (Å²) in [7, 11) is 0. The number of fused-ring (bicyclic) bond motifs is 1. The topological polar surface area (TPSA) is 52.2 Å². The van der Waals surface area contributed by atoms with E-state index in [0.717, 1.165) is 48.3 Å². The molecule has 5 rings (SSSR count). The Morgan fingerprint density at radius 3 is 2.52 bits per heavy atom. The SMILES string of the molecule is O=c1ccc(-c2c(-c3ccc(F)cc3)nc3ccccn23)nn1C1CCCCC1. The lowest BCUT2D eigenvalue weighted by atomic mass is 9.95. The van der Waals surface area contributed by atoms with Gasteiger partial charge in [0.1, 0.15) is 22.9 Å². The first kappa shape index (κ1) is 17.8. The Balaban J connectivity index is 1.71. The maximum Gasteiger partial charge on any atom is 0.267 e. The van der Waals surface area contributed by atoms with Crippen molar-refractivity contribution in [3.8, 4) is 22.6 Å². The molecule has 0 radical (unpaired) electrons. The van der Waals surface area contributed by atoms with E-state index >= 15 is 0 Å². The summed E-state index contributed by atoms with van der Waals surface area (Å²) in [5.41, 5.74) is 3.72. The van der Waals surface area contributed by atoms with E-state index < -0.39 is 0 Å². The fraction of sp³-hybridized carbons (Fsp3) is 0.261. The number of imidazole rings is 1. The molecule has 0 unspecified atom stereocenters. The minimum atomic E-state index is -0.289. The molecule has 0 saturated heterocycles. The first-order chi connectivity index (χ1) is 14.2. The number of hydrogen-bond donors (Lipinski definition) is 0. The number of hydrogen-bond acceptors (Lipinski definition) is 3. The molecule has 29 heavy (non-hydrogen) atoms. The average molecular weight is 388 g/mol. The van der Waals surface area contributed by atoms with Crippen molar-refractivity contribution >= 4 is 5.65 Å². The van der Waals surface area contributed by atoms with E-state index in [1.807, 2.05) is 28.8 Å². The van der Waals surface area contributed by atoms with Crippen LogP contribution < -0.4 is 5.56 Å². The molecule has 0 aliphatic heterocycles. The Morgan fingerprint density at radius 2 is 1.72 bits per heavy atom. The van der Waals surface area contributed by atoms with Gasteiger partial charge < -0.3 is 0 Å². The van der Waals surface area contributed by atoms with Gasteiger partial charge in [0, 0.05) is 17.8 Å². The molecule has 0 amide bonds. The van der Waals surface area contributed by atoms with Gasteiger partial charge in [-0.05, 0) is 55.3 Å². The zero-order valence-electron chi connectivity index (χ0n) is 16.0. The van der Waals surface area contributed by atoms with E-state index in [1.165, 1.54) is 18.6 Å². The van der Waals surface area contributed by atoms with Crippen LogP contribution in [0.2, 0.25) is 0 Å². The third-order valence-corrected chi connectivity index (χ3v) is 5.64. The van der Waals surface area contributed by atoms with E-state index in [4.69, 9.17) is 10.1 Å². The van der Waals surface area contributed by atoms with E-state index in [9.17, 15) is 9.18 Å².